The molecular formula is C16H27NO3. The van der Waals surface area contributed by atoms with E-state index in [2.05, 4.69) is 31.3 Å². The van der Waals surface area contributed by atoms with Crippen molar-refractivity contribution < 1.29 is 14.2 Å². The van der Waals surface area contributed by atoms with Crippen LogP contribution in [0.1, 0.15) is 31.9 Å². The first-order valence-corrected chi connectivity index (χ1v) is 7.30. The monoisotopic (exact) mass is 281 g/mol. The van der Waals surface area contributed by atoms with Gasteiger partial charge in [0.05, 0.1) is 19.8 Å². The summed E-state index contributed by atoms with van der Waals surface area (Å²) in [5, 5.41) is 3.40. The first-order chi connectivity index (χ1) is 9.77. The molecule has 0 spiro atoms. The summed E-state index contributed by atoms with van der Waals surface area (Å²) in [6.07, 6.45) is 0.886. The van der Waals surface area contributed by atoms with Gasteiger partial charge in [0.15, 0.2) is 0 Å². The molecule has 0 aliphatic heterocycles. The fourth-order valence-corrected chi connectivity index (χ4v) is 1.89. The molecule has 0 aromatic heterocycles. The van der Waals surface area contributed by atoms with E-state index in [1.54, 1.807) is 7.11 Å². The van der Waals surface area contributed by atoms with Crippen LogP contribution in [-0.2, 0) is 9.47 Å². The van der Waals surface area contributed by atoms with E-state index in [0.717, 1.165) is 18.7 Å². The number of hydrogen-bond acceptors (Lipinski definition) is 4. The van der Waals surface area contributed by atoms with Crippen LogP contribution in [0.25, 0.3) is 0 Å². The summed E-state index contributed by atoms with van der Waals surface area (Å²) in [6, 6.07) is 8.59. The molecule has 1 aromatic carbocycles. The van der Waals surface area contributed by atoms with Gasteiger partial charge in [-0.2, -0.15) is 0 Å². The quantitative estimate of drug-likeness (QED) is 0.633. The van der Waals surface area contributed by atoms with E-state index in [1.807, 2.05) is 12.1 Å². The lowest BCUT2D eigenvalue weighted by molar-refractivity contribution is 0.0644. The Hall–Kier alpha value is -1.10. The van der Waals surface area contributed by atoms with Crippen molar-refractivity contribution in [1.29, 1.82) is 0 Å². The van der Waals surface area contributed by atoms with Gasteiger partial charge in [0.2, 0.25) is 0 Å². The number of rotatable bonds is 11. The second-order valence-electron chi connectivity index (χ2n) is 4.66. The van der Waals surface area contributed by atoms with E-state index < -0.39 is 0 Å². The smallest absolute Gasteiger partial charge is 0.119 e. The van der Waals surface area contributed by atoms with Crippen molar-refractivity contribution in [2.24, 2.45) is 0 Å². The second-order valence-corrected chi connectivity index (χ2v) is 4.66. The zero-order valence-electron chi connectivity index (χ0n) is 12.9. The van der Waals surface area contributed by atoms with E-state index in [-0.39, 0.29) is 0 Å². The third-order valence-corrected chi connectivity index (χ3v) is 3.00. The highest BCUT2D eigenvalue weighted by atomic mass is 16.5. The average molecular weight is 281 g/mol. The van der Waals surface area contributed by atoms with Gasteiger partial charge >= 0.3 is 0 Å². The Morgan fingerprint density at radius 2 is 2.00 bits per heavy atom. The minimum Gasteiger partial charge on any atom is -0.493 e. The first-order valence-electron chi connectivity index (χ1n) is 7.30. The van der Waals surface area contributed by atoms with Gasteiger partial charge in [0.1, 0.15) is 5.75 Å². The normalized spacial score (nSPS) is 12.3. The molecule has 0 heterocycles. The molecule has 0 saturated heterocycles. The van der Waals surface area contributed by atoms with Gasteiger partial charge in [0.25, 0.3) is 0 Å². The SMILES string of the molecule is CCNC(C)c1cccc(OCCCOCCOC)c1. The average Bonchev–Trinajstić information content (AvgIpc) is 2.47. The maximum absolute atomic E-state index is 5.74. The van der Waals surface area contributed by atoms with Gasteiger partial charge in [-0.3, -0.25) is 0 Å². The molecule has 1 aromatic rings. The van der Waals surface area contributed by atoms with Crippen LogP contribution in [0.2, 0.25) is 0 Å². The molecule has 1 rings (SSSR count). The van der Waals surface area contributed by atoms with Crippen molar-refractivity contribution >= 4 is 0 Å². The Balaban J connectivity index is 2.25. The number of benzene rings is 1. The summed E-state index contributed by atoms with van der Waals surface area (Å²) in [5.74, 6) is 0.921. The number of methoxy groups -OCH3 is 1. The van der Waals surface area contributed by atoms with Gasteiger partial charge in [-0.25, -0.2) is 0 Å². The molecule has 114 valence electrons. The highest BCUT2D eigenvalue weighted by Gasteiger charge is 2.04. The number of hydrogen-bond donors (Lipinski definition) is 1. The van der Waals surface area contributed by atoms with Crippen LogP contribution in [0.3, 0.4) is 0 Å². The molecule has 4 nitrogen and oxygen atoms in total. The van der Waals surface area contributed by atoms with Crippen molar-refractivity contribution in [2.45, 2.75) is 26.3 Å². The fourth-order valence-electron chi connectivity index (χ4n) is 1.89. The molecule has 0 bridgehead atoms. The van der Waals surface area contributed by atoms with Crippen molar-refractivity contribution in [3.8, 4) is 5.75 Å². The fraction of sp³-hybridized carbons (Fsp3) is 0.625. The maximum atomic E-state index is 5.74. The summed E-state index contributed by atoms with van der Waals surface area (Å²) in [5.41, 5.74) is 1.25. The van der Waals surface area contributed by atoms with Gasteiger partial charge in [-0.15, -0.1) is 0 Å². The van der Waals surface area contributed by atoms with Crippen molar-refractivity contribution in [2.75, 3.05) is 40.1 Å². The van der Waals surface area contributed by atoms with Crippen molar-refractivity contribution in [3.63, 3.8) is 0 Å². The van der Waals surface area contributed by atoms with Crippen LogP contribution in [0.4, 0.5) is 0 Å². The second kappa shape index (κ2) is 10.7. The Bertz CT molecular complexity index is 357. The zero-order chi connectivity index (χ0) is 14.6. The molecule has 0 amide bonds. The summed E-state index contributed by atoms with van der Waals surface area (Å²) in [4.78, 5) is 0. The molecule has 0 aliphatic rings. The van der Waals surface area contributed by atoms with Crippen LogP contribution < -0.4 is 10.1 Å². The first kappa shape index (κ1) is 17.0. The summed E-state index contributed by atoms with van der Waals surface area (Å²) in [7, 11) is 1.67. The van der Waals surface area contributed by atoms with Gasteiger partial charge in [-0.05, 0) is 31.2 Å². The predicted molar refractivity (Wildman–Crippen MR) is 81.3 cm³/mol. The molecular weight excluding hydrogens is 254 g/mol. The van der Waals surface area contributed by atoms with Crippen molar-refractivity contribution in [1.82, 2.24) is 5.32 Å². The van der Waals surface area contributed by atoms with Crippen LogP contribution >= 0.6 is 0 Å². The lowest BCUT2D eigenvalue weighted by Crippen LogP contribution is -2.17. The molecule has 0 radical (unpaired) electrons. The largest absolute Gasteiger partial charge is 0.493 e. The molecule has 0 aliphatic carbocycles. The third-order valence-electron chi connectivity index (χ3n) is 3.00. The minimum atomic E-state index is 0.348. The van der Waals surface area contributed by atoms with Crippen LogP contribution in [-0.4, -0.2) is 40.1 Å². The topological polar surface area (TPSA) is 39.7 Å². The van der Waals surface area contributed by atoms with Crippen LogP contribution in [0.15, 0.2) is 24.3 Å². The Morgan fingerprint density at radius 3 is 2.75 bits per heavy atom. The Morgan fingerprint density at radius 1 is 1.15 bits per heavy atom. The molecule has 0 saturated carbocycles. The molecule has 1 unspecified atom stereocenters. The summed E-state index contributed by atoms with van der Waals surface area (Å²) >= 11 is 0. The minimum absolute atomic E-state index is 0.348. The zero-order valence-corrected chi connectivity index (χ0v) is 12.9. The summed E-state index contributed by atoms with van der Waals surface area (Å²) < 4.78 is 16.0. The highest BCUT2D eigenvalue weighted by Crippen LogP contribution is 2.19. The van der Waals surface area contributed by atoms with E-state index in [9.17, 15) is 0 Å². The lowest BCUT2D eigenvalue weighted by Gasteiger charge is -2.14. The van der Waals surface area contributed by atoms with E-state index in [4.69, 9.17) is 14.2 Å². The Labute approximate surface area is 122 Å². The molecule has 1 N–H and O–H groups in total. The van der Waals surface area contributed by atoms with E-state index in [0.29, 0.717) is 32.5 Å². The third kappa shape index (κ3) is 6.89. The molecule has 20 heavy (non-hydrogen) atoms. The number of nitrogens with one attached hydrogen (secondary N) is 1. The summed E-state index contributed by atoms with van der Waals surface area (Å²) in [6.45, 7) is 7.90. The van der Waals surface area contributed by atoms with Crippen molar-refractivity contribution in [3.05, 3.63) is 29.8 Å². The van der Waals surface area contributed by atoms with Crippen LogP contribution in [0.5, 0.6) is 5.75 Å². The van der Waals surface area contributed by atoms with E-state index in [1.165, 1.54) is 5.56 Å². The number of ether oxygens (including phenoxy) is 3. The predicted octanol–water partition coefficient (Wildman–Crippen LogP) is 2.79. The standard InChI is InChI=1S/C16H27NO3/c1-4-17-14(2)15-7-5-8-16(13-15)20-10-6-9-19-12-11-18-3/h5,7-8,13-14,17H,4,6,9-12H2,1-3H3. The van der Waals surface area contributed by atoms with Gasteiger partial charge in [-0.1, -0.05) is 19.1 Å². The molecule has 1 atom stereocenters. The molecule has 4 heteroatoms. The lowest BCUT2D eigenvalue weighted by atomic mass is 10.1. The molecule has 0 fully saturated rings. The van der Waals surface area contributed by atoms with E-state index >= 15 is 0 Å². The maximum Gasteiger partial charge on any atom is 0.119 e. The highest BCUT2D eigenvalue weighted by molar-refractivity contribution is 5.30. The van der Waals surface area contributed by atoms with Gasteiger partial charge in [0, 0.05) is 26.2 Å². The van der Waals surface area contributed by atoms with Gasteiger partial charge < -0.3 is 19.5 Å². The van der Waals surface area contributed by atoms with Crippen LogP contribution in [0, 0.1) is 0 Å². The Kier molecular flexibility index (Phi) is 9.04.